The maximum atomic E-state index is 12.7. The smallest absolute Gasteiger partial charge is 0.222 e. The summed E-state index contributed by atoms with van der Waals surface area (Å²) in [5.74, 6) is -0.443. The largest absolute Gasteiger partial charge is 0.368 e. The number of rotatable bonds is 6. The number of hydrogen-bond donors (Lipinski definition) is 1. The fraction of sp³-hybridized carbons (Fsp3) is 0.333. The highest BCUT2D eigenvalue weighted by atomic mass is 31.0. The van der Waals surface area contributed by atoms with Crippen LogP contribution in [-0.4, -0.2) is 37.8 Å². The minimum atomic E-state index is -0.607. The Morgan fingerprint density at radius 3 is 2.65 bits per heavy atom. The molecular weight excluding hydrogens is 349 g/mol. The number of nitrogens with two attached hydrogens (primary N) is 1. The summed E-state index contributed by atoms with van der Waals surface area (Å²) >= 11 is 0. The molecule has 2 N–H and O–H groups in total. The first kappa shape index (κ1) is 18.4. The Hall–Kier alpha value is -2.37. The number of ether oxygens (including phenoxy) is 1. The Morgan fingerprint density at radius 2 is 1.96 bits per heavy atom. The molecule has 3 aromatic rings. The van der Waals surface area contributed by atoms with Crippen LogP contribution in [0.15, 0.2) is 24.7 Å². The van der Waals surface area contributed by atoms with E-state index in [0.29, 0.717) is 24.3 Å². The van der Waals surface area contributed by atoms with Crippen LogP contribution in [0.3, 0.4) is 0 Å². The number of ketones is 1. The molecule has 0 amide bonds. The normalized spacial score (nSPS) is 12.5. The summed E-state index contributed by atoms with van der Waals surface area (Å²) in [7, 11) is 2.48. The molecule has 0 aliphatic carbocycles. The zero-order valence-corrected chi connectivity index (χ0v) is 16.2. The molecule has 0 radical (unpaired) electrons. The molecule has 8 heteroatoms. The van der Waals surface area contributed by atoms with Crippen LogP contribution in [0.4, 0.5) is 5.95 Å². The van der Waals surface area contributed by atoms with Gasteiger partial charge in [0.15, 0.2) is 11.4 Å². The van der Waals surface area contributed by atoms with Gasteiger partial charge in [-0.1, -0.05) is 26.9 Å². The highest BCUT2D eigenvalue weighted by molar-refractivity contribution is 7.19. The van der Waals surface area contributed by atoms with Crippen LogP contribution in [0.25, 0.3) is 11.2 Å². The first-order valence-corrected chi connectivity index (χ1v) is 8.96. The van der Waals surface area contributed by atoms with Gasteiger partial charge >= 0.3 is 0 Å². The van der Waals surface area contributed by atoms with E-state index in [2.05, 4.69) is 24.2 Å². The first-order valence-electron chi connectivity index (χ1n) is 8.29. The van der Waals surface area contributed by atoms with E-state index in [0.717, 1.165) is 22.3 Å². The lowest BCUT2D eigenvalue weighted by Gasteiger charge is -2.16. The van der Waals surface area contributed by atoms with Crippen LogP contribution in [0, 0.1) is 20.8 Å². The van der Waals surface area contributed by atoms with Crippen LogP contribution >= 0.6 is 9.24 Å². The van der Waals surface area contributed by atoms with Crippen LogP contribution in [0.5, 0.6) is 0 Å². The van der Waals surface area contributed by atoms with Crippen LogP contribution in [0.2, 0.25) is 0 Å². The molecule has 0 aliphatic heterocycles. The van der Waals surface area contributed by atoms with Gasteiger partial charge in [0.05, 0.1) is 19.1 Å². The van der Waals surface area contributed by atoms with Crippen molar-refractivity contribution in [3.8, 4) is 0 Å². The zero-order valence-electron chi connectivity index (χ0n) is 15.1. The van der Waals surface area contributed by atoms with Crippen molar-refractivity contribution in [3.05, 3.63) is 46.9 Å². The lowest BCUT2D eigenvalue weighted by Crippen LogP contribution is -2.22. The number of aryl methyl sites for hydroxylation is 3. The second-order valence-electron chi connectivity index (χ2n) is 6.30. The molecule has 0 fully saturated rings. The Bertz CT molecular complexity index is 946. The second-order valence-corrected chi connectivity index (χ2v) is 6.91. The number of nitrogens with zero attached hydrogens (tertiary/aromatic N) is 4. The molecule has 2 heterocycles. The number of anilines is 1. The number of carbonyl (C=O) groups excluding carboxylic acids is 1. The van der Waals surface area contributed by atoms with E-state index in [1.165, 1.54) is 0 Å². The van der Waals surface area contributed by atoms with Crippen molar-refractivity contribution >= 4 is 32.1 Å². The third-order valence-electron chi connectivity index (χ3n) is 4.19. The van der Waals surface area contributed by atoms with Gasteiger partial charge in [-0.3, -0.25) is 4.79 Å². The molecule has 0 saturated carbocycles. The average Bonchev–Trinajstić information content (AvgIpc) is 2.96. The summed E-state index contributed by atoms with van der Waals surface area (Å²) in [6.45, 7) is 6.78. The third kappa shape index (κ3) is 3.74. The van der Waals surface area contributed by atoms with Crippen molar-refractivity contribution in [1.29, 1.82) is 0 Å². The van der Waals surface area contributed by atoms with E-state index in [4.69, 9.17) is 10.5 Å². The molecule has 2 unspecified atom stereocenters. The molecule has 26 heavy (non-hydrogen) atoms. The van der Waals surface area contributed by atoms with E-state index >= 15 is 0 Å². The fourth-order valence-electron chi connectivity index (χ4n) is 3.10. The van der Waals surface area contributed by atoms with Gasteiger partial charge in [-0.05, 0) is 31.9 Å². The number of benzene rings is 1. The van der Waals surface area contributed by atoms with E-state index in [1.54, 1.807) is 12.5 Å². The Kier molecular flexibility index (Phi) is 5.30. The molecule has 0 aliphatic rings. The molecule has 1 aromatic carbocycles. The highest BCUT2D eigenvalue weighted by Crippen LogP contribution is 2.21. The molecule has 0 saturated heterocycles. The van der Waals surface area contributed by atoms with E-state index in [9.17, 15) is 4.79 Å². The average molecular weight is 371 g/mol. The van der Waals surface area contributed by atoms with Gasteiger partial charge in [-0.2, -0.15) is 4.98 Å². The number of hydrogen-bond acceptors (Lipinski definition) is 6. The van der Waals surface area contributed by atoms with Gasteiger partial charge in [-0.25, -0.2) is 9.97 Å². The summed E-state index contributed by atoms with van der Waals surface area (Å²) in [6, 6.07) is 4.03. The van der Waals surface area contributed by atoms with Crippen LogP contribution in [-0.2, 0) is 11.3 Å². The molecule has 2 atom stereocenters. The quantitative estimate of drug-likeness (QED) is 0.528. The van der Waals surface area contributed by atoms with Crippen molar-refractivity contribution in [2.75, 3.05) is 12.3 Å². The predicted octanol–water partition coefficient (Wildman–Crippen LogP) is 2.43. The van der Waals surface area contributed by atoms with Crippen molar-refractivity contribution in [2.24, 2.45) is 0 Å². The standard InChI is InChI=1S/C18H22N5O2P/c1-10-6-11(2)14(12(3)7-10)15(24)17(26)25-5-4-23-9-21-13-8-20-18(19)22-16(13)23/h6-9,17H,4-5,26H2,1-3H3,(H2,19,20,22). The first-order chi connectivity index (χ1) is 12.4. The molecule has 0 spiro atoms. The SMILES string of the molecule is Cc1cc(C)c(C(=O)C(P)OCCn2cnc3cnc(N)nc32)c(C)c1. The minimum Gasteiger partial charge on any atom is -0.368 e. The van der Waals surface area contributed by atoms with Crippen molar-refractivity contribution in [2.45, 2.75) is 33.2 Å². The van der Waals surface area contributed by atoms with Gasteiger partial charge in [-0.15, -0.1) is 0 Å². The molecular formula is C18H22N5O2P. The third-order valence-corrected chi connectivity index (χ3v) is 4.68. The van der Waals surface area contributed by atoms with Gasteiger partial charge in [0.1, 0.15) is 11.4 Å². The van der Waals surface area contributed by atoms with E-state index < -0.39 is 5.85 Å². The summed E-state index contributed by atoms with van der Waals surface area (Å²) in [4.78, 5) is 25.1. The van der Waals surface area contributed by atoms with Gasteiger partial charge in [0, 0.05) is 12.1 Å². The minimum absolute atomic E-state index is 0.0351. The number of fused-ring (bicyclic) bond motifs is 1. The summed E-state index contributed by atoms with van der Waals surface area (Å²) in [6.07, 6.45) is 3.25. The van der Waals surface area contributed by atoms with Crippen LogP contribution < -0.4 is 5.73 Å². The van der Waals surface area contributed by atoms with E-state index in [-0.39, 0.29) is 11.7 Å². The van der Waals surface area contributed by atoms with Crippen molar-refractivity contribution in [1.82, 2.24) is 19.5 Å². The predicted molar refractivity (Wildman–Crippen MR) is 104 cm³/mol. The number of nitrogen functional groups attached to an aromatic ring is 1. The molecule has 2 aromatic heterocycles. The Labute approximate surface area is 154 Å². The van der Waals surface area contributed by atoms with Crippen LogP contribution in [0.1, 0.15) is 27.0 Å². The number of carbonyl (C=O) groups is 1. The highest BCUT2D eigenvalue weighted by Gasteiger charge is 2.20. The lowest BCUT2D eigenvalue weighted by molar-refractivity contribution is 0.0656. The molecule has 0 bridgehead atoms. The van der Waals surface area contributed by atoms with Gasteiger partial charge < -0.3 is 15.0 Å². The van der Waals surface area contributed by atoms with E-state index in [1.807, 2.05) is 37.5 Å². The Balaban J connectivity index is 1.66. The lowest BCUT2D eigenvalue weighted by atomic mass is 9.97. The summed E-state index contributed by atoms with van der Waals surface area (Å²) in [5, 5.41) is 0. The van der Waals surface area contributed by atoms with Gasteiger partial charge in [0.2, 0.25) is 5.95 Å². The van der Waals surface area contributed by atoms with Crippen molar-refractivity contribution < 1.29 is 9.53 Å². The maximum Gasteiger partial charge on any atom is 0.222 e. The Morgan fingerprint density at radius 1 is 1.27 bits per heavy atom. The van der Waals surface area contributed by atoms with Gasteiger partial charge in [0.25, 0.3) is 0 Å². The second kappa shape index (κ2) is 7.48. The summed E-state index contributed by atoms with van der Waals surface area (Å²) < 4.78 is 7.57. The molecule has 7 nitrogen and oxygen atoms in total. The topological polar surface area (TPSA) is 95.9 Å². The fourth-order valence-corrected chi connectivity index (χ4v) is 3.40. The number of Topliss-reactive ketones (excluding diaryl/α,β-unsaturated/α-hetero) is 1. The summed E-state index contributed by atoms with van der Waals surface area (Å²) in [5.41, 5.74) is 10.8. The monoisotopic (exact) mass is 371 g/mol. The zero-order chi connectivity index (χ0) is 18.8. The number of aromatic nitrogens is 4. The maximum absolute atomic E-state index is 12.7. The number of imidazole rings is 1. The molecule has 3 rings (SSSR count). The molecule has 136 valence electrons. The van der Waals surface area contributed by atoms with Crippen molar-refractivity contribution in [3.63, 3.8) is 0 Å².